The van der Waals surface area contributed by atoms with E-state index in [1.807, 2.05) is 7.05 Å². The molecule has 0 saturated carbocycles. The predicted octanol–water partition coefficient (Wildman–Crippen LogP) is 2.05. The van der Waals surface area contributed by atoms with Crippen molar-refractivity contribution in [1.29, 1.82) is 0 Å². The number of unbranched alkanes of at least 4 members (excludes halogenated alkanes) is 2. The topological polar surface area (TPSA) is 81.7 Å². The van der Waals surface area contributed by atoms with Crippen molar-refractivity contribution >= 4 is 0 Å². The number of likely N-dealkylation sites (N-methyl/N-ethyl adjacent to an activating group) is 2. The standard InChI is InChI=1S/C16H36N2O5.C5H12.CH4O/c1-4-18(6-9-19-3)7-10-21-12-14-23-16-15-22-13-11-20-8-5-17-2;1-3-5-4-2;1-2/h17H,4-16H2,1-3H3;3-5H2,1-2H3;2H,1H3. The molecule has 30 heavy (non-hydrogen) atoms. The SMILES string of the molecule is CCCCC.CCN(CCOC)CCOCCOCCOCCOCCNC.CO. The zero-order valence-electron chi connectivity index (χ0n) is 20.7. The van der Waals surface area contributed by atoms with Gasteiger partial charge in [-0.05, 0) is 13.6 Å². The van der Waals surface area contributed by atoms with Gasteiger partial charge in [0.15, 0.2) is 0 Å². The average Bonchev–Trinajstić information content (AvgIpc) is 2.78. The van der Waals surface area contributed by atoms with Gasteiger partial charge in [0.05, 0.1) is 59.5 Å². The summed E-state index contributed by atoms with van der Waals surface area (Å²) in [6.07, 6.45) is 4.08. The quantitative estimate of drug-likeness (QED) is 0.263. The highest BCUT2D eigenvalue weighted by Crippen LogP contribution is 1.89. The van der Waals surface area contributed by atoms with Gasteiger partial charge in [-0.2, -0.15) is 0 Å². The highest BCUT2D eigenvalue weighted by Gasteiger charge is 2.01. The second-order valence-electron chi connectivity index (χ2n) is 6.33. The molecule has 8 nitrogen and oxygen atoms in total. The summed E-state index contributed by atoms with van der Waals surface area (Å²) in [5.74, 6) is 0. The Bertz CT molecular complexity index is 262. The van der Waals surface area contributed by atoms with Gasteiger partial charge in [-0.25, -0.2) is 0 Å². The Morgan fingerprint density at radius 2 is 1.10 bits per heavy atom. The maximum absolute atomic E-state index is 7.00. The first-order valence-electron chi connectivity index (χ1n) is 11.4. The number of hydrogen-bond acceptors (Lipinski definition) is 8. The van der Waals surface area contributed by atoms with Crippen LogP contribution in [0.4, 0.5) is 0 Å². The zero-order chi connectivity index (χ0) is 23.1. The van der Waals surface area contributed by atoms with Crippen molar-refractivity contribution in [3.8, 4) is 0 Å². The molecular weight excluding hydrogens is 388 g/mol. The first-order valence-corrected chi connectivity index (χ1v) is 11.4. The van der Waals surface area contributed by atoms with Crippen LogP contribution in [0.25, 0.3) is 0 Å². The molecule has 0 aromatic carbocycles. The second kappa shape index (κ2) is 36.1. The minimum Gasteiger partial charge on any atom is -0.400 e. The van der Waals surface area contributed by atoms with Crippen LogP contribution in [0.5, 0.6) is 0 Å². The molecule has 8 heteroatoms. The van der Waals surface area contributed by atoms with Crippen molar-refractivity contribution in [2.24, 2.45) is 0 Å². The van der Waals surface area contributed by atoms with E-state index in [2.05, 4.69) is 31.0 Å². The number of nitrogens with zero attached hydrogens (tertiary/aromatic N) is 1. The summed E-state index contributed by atoms with van der Waals surface area (Å²) >= 11 is 0. The predicted molar refractivity (Wildman–Crippen MR) is 125 cm³/mol. The van der Waals surface area contributed by atoms with E-state index in [9.17, 15) is 0 Å². The normalized spacial score (nSPS) is 10.4. The van der Waals surface area contributed by atoms with Crippen molar-refractivity contribution in [3.05, 3.63) is 0 Å². The van der Waals surface area contributed by atoms with Crippen LogP contribution in [0.15, 0.2) is 0 Å². The van der Waals surface area contributed by atoms with E-state index in [1.54, 1.807) is 7.11 Å². The largest absolute Gasteiger partial charge is 0.400 e. The highest BCUT2D eigenvalue weighted by molar-refractivity contribution is 4.53. The summed E-state index contributed by atoms with van der Waals surface area (Å²) < 4.78 is 26.8. The van der Waals surface area contributed by atoms with Crippen molar-refractivity contribution < 1.29 is 28.8 Å². The lowest BCUT2D eigenvalue weighted by Crippen LogP contribution is -2.30. The van der Waals surface area contributed by atoms with Crippen LogP contribution >= 0.6 is 0 Å². The highest BCUT2D eigenvalue weighted by atomic mass is 16.6. The number of rotatable bonds is 21. The fourth-order valence-corrected chi connectivity index (χ4v) is 2.13. The first kappa shape index (κ1) is 34.3. The third kappa shape index (κ3) is 35.1. The summed E-state index contributed by atoms with van der Waals surface area (Å²) in [6.45, 7) is 16.2. The maximum Gasteiger partial charge on any atom is 0.0701 e. The summed E-state index contributed by atoms with van der Waals surface area (Å²) in [7, 11) is 4.63. The molecular formula is C22H52N2O6. The van der Waals surface area contributed by atoms with Crippen LogP contribution < -0.4 is 5.32 Å². The third-order valence-electron chi connectivity index (χ3n) is 3.93. The first-order chi connectivity index (χ1) is 14.8. The Hall–Kier alpha value is -0.320. The molecule has 0 bridgehead atoms. The number of hydrogen-bond donors (Lipinski definition) is 2. The molecule has 0 aromatic heterocycles. The van der Waals surface area contributed by atoms with E-state index >= 15 is 0 Å². The molecule has 0 aliphatic rings. The van der Waals surface area contributed by atoms with Crippen molar-refractivity contribution in [1.82, 2.24) is 10.2 Å². The second-order valence-corrected chi connectivity index (χ2v) is 6.33. The molecule has 0 unspecified atom stereocenters. The van der Waals surface area contributed by atoms with Crippen LogP contribution in [0.2, 0.25) is 0 Å². The Balaban J connectivity index is -0.000000901. The van der Waals surface area contributed by atoms with Gasteiger partial charge in [0.1, 0.15) is 0 Å². The molecule has 0 aromatic rings. The summed E-state index contributed by atoms with van der Waals surface area (Å²) in [5.41, 5.74) is 0. The van der Waals surface area contributed by atoms with Crippen LogP contribution in [-0.4, -0.2) is 117 Å². The molecule has 186 valence electrons. The van der Waals surface area contributed by atoms with E-state index in [1.165, 1.54) is 19.3 Å². The number of nitrogens with one attached hydrogen (secondary N) is 1. The number of aliphatic hydroxyl groups excluding tert-OH is 1. The fraction of sp³-hybridized carbons (Fsp3) is 1.00. The molecule has 0 saturated heterocycles. The lowest BCUT2D eigenvalue weighted by atomic mass is 10.3. The van der Waals surface area contributed by atoms with Crippen molar-refractivity contribution in [3.63, 3.8) is 0 Å². The number of aliphatic hydroxyl groups is 1. The molecule has 0 fully saturated rings. The molecule has 2 N–H and O–H groups in total. The van der Waals surface area contributed by atoms with Gasteiger partial charge in [-0.1, -0.05) is 40.0 Å². The molecule has 0 atom stereocenters. The average molecular weight is 441 g/mol. The lowest BCUT2D eigenvalue weighted by molar-refractivity contribution is -0.00381. The lowest BCUT2D eigenvalue weighted by Gasteiger charge is -2.19. The van der Waals surface area contributed by atoms with Gasteiger partial charge in [0.25, 0.3) is 0 Å². The molecule has 0 heterocycles. The van der Waals surface area contributed by atoms with Crippen LogP contribution in [0.3, 0.4) is 0 Å². The van der Waals surface area contributed by atoms with Gasteiger partial charge >= 0.3 is 0 Å². The fourth-order valence-electron chi connectivity index (χ4n) is 2.13. The van der Waals surface area contributed by atoms with Gasteiger partial charge in [-0.15, -0.1) is 0 Å². The summed E-state index contributed by atoms with van der Waals surface area (Å²) in [5, 5.41) is 10.0. The van der Waals surface area contributed by atoms with Gasteiger partial charge < -0.3 is 34.1 Å². The Kier molecular flexibility index (Phi) is 41.2. The zero-order valence-corrected chi connectivity index (χ0v) is 20.7. The summed E-state index contributed by atoms with van der Waals surface area (Å²) in [6, 6.07) is 0. The smallest absolute Gasteiger partial charge is 0.0701 e. The molecule has 0 amide bonds. The molecule has 0 spiro atoms. The Morgan fingerprint density at radius 1 is 0.667 bits per heavy atom. The van der Waals surface area contributed by atoms with E-state index < -0.39 is 0 Å². The van der Waals surface area contributed by atoms with E-state index in [4.69, 9.17) is 28.8 Å². The molecule has 0 rings (SSSR count). The maximum atomic E-state index is 7.00. The van der Waals surface area contributed by atoms with E-state index in [0.717, 1.165) is 46.5 Å². The van der Waals surface area contributed by atoms with Crippen LogP contribution in [-0.2, 0) is 23.7 Å². The Labute approximate surface area is 186 Å². The van der Waals surface area contributed by atoms with Crippen LogP contribution in [0.1, 0.15) is 40.0 Å². The minimum absolute atomic E-state index is 0.592. The number of ether oxygens (including phenoxy) is 5. The van der Waals surface area contributed by atoms with Crippen molar-refractivity contribution in [2.75, 3.05) is 107 Å². The minimum atomic E-state index is 0.592. The van der Waals surface area contributed by atoms with Crippen molar-refractivity contribution in [2.45, 2.75) is 40.0 Å². The van der Waals surface area contributed by atoms with E-state index in [0.29, 0.717) is 46.2 Å². The molecule has 0 aliphatic heterocycles. The van der Waals surface area contributed by atoms with Gasteiger partial charge in [0, 0.05) is 33.9 Å². The summed E-state index contributed by atoms with van der Waals surface area (Å²) in [4.78, 5) is 2.30. The Morgan fingerprint density at radius 3 is 1.47 bits per heavy atom. The van der Waals surface area contributed by atoms with E-state index in [-0.39, 0.29) is 0 Å². The van der Waals surface area contributed by atoms with Gasteiger partial charge in [0.2, 0.25) is 0 Å². The monoisotopic (exact) mass is 440 g/mol. The third-order valence-corrected chi connectivity index (χ3v) is 3.93. The van der Waals surface area contributed by atoms with Crippen LogP contribution in [0, 0.1) is 0 Å². The number of methoxy groups -OCH3 is 1. The molecule has 0 radical (unpaired) electrons. The molecule has 0 aliphatic carbocycles. The van der Waals surface area contributed by atoms with Gasteiger partial charge in [-0.3, -0.25) is 4.90 Å².